The second-order valence-corrected chi connectivity index (χ2v) is 6.81. The molecular formula is C19H24O4S. The van der Waals surface area contributed by atoms with E-state index in [9.17, 15) is 10.2 Å². The lowest BCUT2D eigenvalue weighted by Crippen LogP contribution is -2.24. The summed E-state index contributed by atoms with van der Waals surface area (Å²) in [6.07, 6.45) is 3.30. The largest absolute Gasteiger partial charge is 0.459 e. The molecule has 0 amide bonds. The molecule has 2 heterocycles. The fraction of sp³-hybridized carbons (Fsp3) is 0.368. The predicted octanol–water partition coefficient (Wildman–Crippen LogP) is 3.91. The average molecular weight is 348 g/mol. The molecule has 0 bridgehead atoms. The second-order valence-electron chi connectivity index (χ2n) is 5.83. The van der Waals surface area contributed by atoms with Crippen molar-refractivity contribution in [2.45, 2.75) is 38.6 Å². The van der Waals surface area contributed by atoms with Crippen LogP contribution in [0.15, 0.2) is 52.3 Å². The Balaban J connectivity index is 1.92. The Morgan fingerprint density at radius 1 is 1.33 bits per heavy atom. The first-order valence-electron chi connectivity index (χ1n) is 7.94. The Bertz CT molecular complexity index is 657. The first-order chi connectivity index (χ1) is 11.5. The quantitative estimate of drug-likeness (QED) is 0.601. The molecule has 0 fully saturated rings. The molecule has 0 saturated carbocycles. The minimum Gasteiger partial charge on any atom is -0.459 e. The van der Waals surface area contributed by atoms with E-state index in [2.05, 4.69) is 6.58 Å². The minimum absolute atomic E-state index is 0.118. The topological polar surface area (TPSA) is 73.8 Å². The van der Waals surface area contributed by atoms with Crippen molar-refractivity contribution in [3.8, 4) is 0 Å². The lowest BCUT2D eigenvalue weighted by molar-refractivity contribution is 0.0337. The van der Waals surface area contributed by atoms with Gasteiger partial charge < -0.3 is 19.7 Å². The number of furan rings is 1. The van der Waals surface area contributed by atoms with Gasteiger partial charge in [0.2, 0.25) is 0 Å². The summed E-state index contributed by atoms with van der Waals surface area (Å²) in [5.41, 5.74) is 1.06. The summed E-state index contributed by atoms with van der Waals surface area (Å²) in [6.45, 7) is 5.60. The van der Waals surface area contributed by atoms with Gasteiger partial charge in [0.25, 0.3) is 0 Å². The van der Waals surface area contributed by atoms with E-state index in [1.807, 2.05) is 30.5 Å². The van der Waals surface area contributed by atoms with Gasteiger partial charge in [-0.1, -0.05) is 17.7 Å². The normalized spacial score (nSPS) is 15.9. The molecule has 130 valence electrons. The van der Waals surface area contributed by atoms with Crippen LogP contribution in [0.1, 0.15) is 42.3 Å². The standard InChI is InChI=1S/C19H24O4S/c1-3-16(19(22)18-5-4-10-24-18)17(21)9-6-13(2)11-14-7-8-15(12-20)23-14/h3-5,7-8,10-11,16-17,19-22H,1,6,9,12H2,2H3/b13-11+/t16-,17-,19+/m1/s1. The molecule has 2 aromatic heterocycles. The van der Waals surface area contributed by atoms with Gasteiger partial charge >= 0.3 is 0 Å². The van der Waals surface area contributed by atoms with Crippen molar-refractivity contribution in [2.24, 2.45) is 5.92 Å². The van der Waals surface area contributed by atoms with Gasteiger partial charge in [0.05, 0.1) is 12.2 Å². The summed E-state index contributed by atoms with van der Waals surface area (Å²) < 4.78 is 5.42. The van der Waals surface area contributed by atoms with E-state index in [4.69, 9.17) is 9.52 Å². The number of hydrogen-bond acceptors (Lipinski definition) is 5. The average Bonchev–Trinajstić information content (AvgIpc) is 3.25. The van der Waals surface area contributed by atoms with Crippen molar-refractivity contribution >= 4 is 17.4 Å². The lowest BCUT2D eigenvalue weighted by Gasteiger charge is -2.24. The van der Waals surface area contributed by atoms with Crippen LogP contribution in [0.25, 0.3) is 6.08 Å². The maximum atomic E-state index is 10.4. The molecule has 5 heteroatoms. The molecule has 0 unspecified atom stereocenters. The van der Waals surface area contributed by atoms with Crippen LogP contribution in [-0.4, -0.2) is 21.4 Å². The molecule has 2 aromatic rings. The smallest absolute Gasteiger partial charge is 0.130 e. The summed E-state index contributed by atoms with van der Waals surface area (Å²) in [5.74, 6) is 0.811. The SMILES string of the molecule is C=C[C@H]([C@H](O)CC/C(C)=C/c1ccc(CO)o1)[C@H](O)c1cccs1. The third-order valence-corrected chi connectivity index (χ3v) is 4.92. The van der Waals surface area contributed by atoms with E-state index < -0.39 is 18.1 Å². The highest BCUT2D eigenvalue weighted by Crippen LogP contribution is 2.31. The molecule has 0 aliphatic carbocycles. The molecule has 3 atom stereocenters. The molecule has 0 spiro atoms. The van der Waals surface area contributed by atoms with Crippen LogP contribution < -0.4 is 0 Å². The number of allylic oxidation sites excluding steroid dienone is 1. The highest BCUT2D eigenvalue weighted by molar-refractivity contribution is 7.10. The number of hydrogen-bond donors (Lipinski definition) is 3. The van der Waals surface area contributed by atoms with E-state index in [0.717, 1.165) is 10.5 Å². The predicted molar refractivity (Wildman–Crippen MR) is 96.5 cm³/mol. The van der Waals surface area contributed by atoms with E-state index in [0.29, 0.717) is 24.4 Å². The lowest BCUT2D eigenvalue weighted by atomic mass is 9.91. The summed E-state index contributed by atoms with van der Waals surface area (Å²) in [4.78, 5) is 0.832. The van der Waals surface area contributed by atoms with Crippen LogP contribution in [0.4, 0.5) is 0 Å². The first kappa shape index (κ1) is 18.7. The summed E-state index contributed by atoms with van der Waals surface area (Å²) in [5, 5.41) is 31.7. The third-order valence-electron chi connectivity index (χ3n) is 3.98. The van der Waals surface area contributed by atoms with E-state index in [1.54, 1.807) is 18.2 Å². The third kappa shape index (κ3) is 4.92. The molecular weight excluding hydrogens is 324 g/mol. The zero-order valence-corrected chi connectivity index (χ0v) is 14.6. The van der Waals surface area contributed by atoms with Crippen LogP contribution in [0.2, 0.25) is 0 Å². The van der Waals surface area contributed by atoms with Crippen molar-refractivity contribution in [3.05, 3.63) is 64.3 Å². The highest BCUT2D eigenvalue weighted by atomic mass is 32.1. The summed E-state index contributed by atoms with van der Waals surface area (Å²) in [7, 11) is 0. The Kier molecular flexibility index (Phi) is 6.99. The molecule has 0 aromatic carbocycles. The van der Waals surface area contributed by atoms with E-state index in [1.165, 1.54) is 11.3 Å². The molecule has 0 saturated heterocycles. The van der Waals surface area contributed by atoms with Crippen molar-refractivity contribution in [1.82, 2.24) is 0 Å². The van der Waals surface area contributed by atoms with Crippen LogP contribution in [0.3, 0.4) is 0 Å². The fourth-order valence-corrected chi connectivity index (χ4v) is 3.35. The monoisotopic (exact) mass is 348 g/mol. The van der Waals surface area contributed by atoms with Gasteiger partial charge in [-0.05, 0) is 49.4 Å². The number of aliphatic hydroxyl groups is 3. The molecule has 4 nitrogen and oxygen atoms in total. The fourth-order valence-electron chi connectivity index (χ4n) is 2.59. The first-order valence-corrected chi connectivity index (χ1v) is 8.82. The number of aliphatic hydroxyl groups excluding tert-OH is 3. The Morgan fingerprint density at radius 2 is 2.12 bits per heavy atom. The Morgan fingerprint density at radius 3 is 2.71 bits per heavy atom. The van der Waals surface area contributed by atoms with Gasteiger partial charge in [-0.25, -0.2) is 0 Å². The second kappa shape index (κ2) is 8.99. The maximum Gasteiger partial charge on any atom is 0.130 e. The van der Waals surface area contributed by atoms with Gasteiger partial charge in [-0.3, -0.25) is 0 Å². The van der Waals surface area contributed by atoms with Gasteiger partial charge in [0.15, 0.2) is 0 Å². The summed E-state index contributed by atoms with van der Waals surface area (Å²) >= 11 is 1.47. The Labute approximate surface area is 146 Å². The van der Waals surface area contributed by atoms with E-state index in [-0.39, 0.29) is 6.61 Å². The molecule has 2 rings (SSSR count). The van der Waals surface area contributed by atoms with Crippen molar-refractivity contribution in [1.29, 1.82) is 0 Å². The van der Waals surface area contributed by atoms with Crippen LogP contribution in [0.5, 0.6) is 0 Å². The summed E-state index contributed by atoms with van der Waals surface area (Å²) in [6, 6.07) is 7.28. The zero-order chi connectivity index (χ0) is 17.5. The Hall–Kier alpha value is -1.66. The number of thiophene rings is 1. The maximum absolute atomic E-state index is 10.4. The van der Waals surface area contributed by atoms with Gasteiger partial charge in [-0.2, -0.15) is 0 Å². The minimum atomic E-state index is -0.737. The molecule has 0 aliphatic rings. The van der Waals surface area contributed by atoms with Crippen molar-refractivity contribution in [3.63, 3.8) is 0 Å². The molecule has 3 N–H and O–H groups in total. The van der Waals surface area contributed by atoms with Crippen molar-refractivity contribution in [2.75, 3.05) is 0 Å². The van der Waals surface area contributed by atoms with Gasteiger partial charge in [0, 0.05) is 10.8 Å². The number of rotatable bonds is 9. The molecule has 0 aliphatic heterocycles. The highest BCUT2D eigenvalue weighted by Gasteiger charge is 2.25. The van der Waals surface area contributed by atoms with Gasteiger partial charge in [-0.15, -0.1) is 17.9 Å². The molecule has 24 heavy (non-hydrogen) atoms. The van der Waals surface area contributed by atoms with Gasteiger partial charge in [0.1, 0.15) is 18.1 Å². The van der Waals surface area contributed by atoms with Crippen LogP contribution >= 0.6 is 11.3 Å². The zero-order valence-electron chi connectivity index (χ0n) is 13.8. The van der Waals surface area contributed by atoms with Crippen LogP contribution in [0, 0.1) is 5.92 Å². The molecule has 0 radical (unpaired) electrons. The van der Waals surface area contributed by atoms with Crippen LogP contribution in [-0.2, 0) is 6.61 Å². The van der Waals surface area contributed by atoms with E-state index >= 15 is 0 Å². The van der Waals surface area contributed by atoms with Crippen molar-refractivity contribution < 1.29 is 19.7 Å².